The lowest BCUT2D eigenvalue weighted by Gasteiger charge is -2.31. The Morgan fingerprint density at radius 2 is 1.87 bits per heavy atom. The maximum absolute atomic E-state index is 13.5. The highest BCUT2D eigenvalue weighted by Crippen LogP contribution is 2.30. The minimum atomic E-state index is -3.63. The van der Waals surface area contributed by atoms with Crippen molar-refractivity contribution in [3.05, 3.63) is 57.5 Å². The number of amides is 2. The number of hydrogen-bond acceptors (Lipinski definition) is 5. The topological polar surface area (TPSA) is 96.0 Å². The molecule has 1 saturated carbocycles. The van der Waals surface area contributed by atoms with Crippen LogP contribution in [0.4, 0.5) is 5.69 Å². The number of anilines is 1. The minimum absolute atomic E-state index is 0.0744. The number of carbonyl (C=O) groups is 2. The van der Waals surface area contributed by atoms with Crippen molar-refractivity contribution in [1.29, 1.82) is 0 Å². The second-order valence-corrected chi connectivity index (χ2v) is 13.2. The molecule has 1 atom stereocenters. The number of halogens is 2. The Balaban J connectivity index is 1.73. The zero-order chi connectivity index (χ0) is 28.6. The highest BCUT2D eigenvalue weighted by molar-refractivity contribution is 9.10. The fourth-order valence-electron chi connectivity index (χ4n) is 4.80. The van der Waals surface area contributed by atoms with E-state index < -0.39 is 16.1 Å². The van der Waals surface area contributed by atoms with E-state index in [0.717, 1.165) is 42.0 Å². The van der Waals surface area contributed by atoms with Crippen molar-refractivity contribution in [1.82, 2.24) is 10.2 Å². The molecule has 2 amide bonds. The number of nitrogens with one attached hydrogen (secondary N) is 1. The zero-order valence-electron chi connectivity index (χ0n) is 22.7. The van der Waals surface area contributed by atoms with Gasteiger partial charge in [0.1, 0.15) is 11.8 Å². The van der Waals surface area contributed by atoms with E-state index in [1.807, 2.05) is 24.3 Å². The molecule has 0 saturated heterocycles. The van der Waals surface area contributed by atoms with Crippen LogP contribution in [-0.2, 0) is 26.2 Å². The smallest absolute Gasteiger partial charge is 0.242 e. The molecule has 2 aromatic carbocycles. The number of sulfonamides is 1. The van der Waals surface area contributed by atoms with Gasteiger partial charge in [0.05, 0.1) is 24.1 Å². The zero-order valence-corrected chi connectivity index (χ0v) is 25.8. The lowest BCUT2D eigenvalue weighted by Crippen LogP contribution is -2.50. The van der Waals surface area contributed by atoms with Gasteiger partial charge in [-0.25, -0.2) is 8.42 Å². The van der Waals surface area contributed by atoms with Crippen molar-refractivity contribution in [2.24, 2.45) is 0 Å². The quantitative estimate of drug-likeness (QED) is 0.329. The molecule has 11 heteroatoms. The molecule has 214 valence electrons. The Labute approximate surface area is 245 Å². The summed E-state index contributed by atoms with van der Waals surface area (Å²) in [6.45, 7) is 2.10. The molecule has 0 bridgehead atoms. The molecule has 39 heavy (non-hydrogen) atoms. The fourth-order valence-corrected chi connectivity index (χ4v) is 6.45. The second kappa shape index (κ2) is 14.4. The van der Waals surface area contributed by atoms with Crippen molar-refractivity contribution in [2.75, 3.05) is 24.2 Å². The van der Waals surface area contributed by atoms with E-state index in [-0.39, 0.29) is 48.8 Å². The molecule has 0 spiro atoms. The summed E-state index contributed by atoms with van der Waals surface area (Å²) < 4.78 is 32.4. The van der Waals surface area contributed by atoms with E-state index >= 15 is 0 Å². The third-order valence-electron chi connectivity index (χ3n) is 6.94. The number of hydrogen-bond donors (Lipinski definition) is 1. The Bertz CT molecular complexity index is 1250. The van der Waals surface area contributed by atoms with Crippen LogP contribution in [-0.4, -0.2) is 57.1 Å². The highest BCUT2D eigenvalue weighted by Gasteiger charge is 2.28. The predicted octanol–water partition coefficient (Wildman–Crippen LogP) is 5.52. The van der Waals surface area contributed by atoms with Crippen molar-refractivity contribution in [2.45, 2.75) is 70.5 Å². The van der Waals surface area contributed by atoms with Crippen LogP contribution in [0.5, 0.6) is 5.75 Å². The lowest BCUT2D eigenvalue weighted by atomic mass is 9.95. The van der Waals surface area contributed by atoms with Crippen LogP contribution in [0.25, 0.3) is 0 Å². The molecule has 1 fully saturated rings. The van der Waals surface area contributed by atoms with E-state index in [1.165, 1.54) is 23.9 Å². The maximum Gasteiger partial charge on any atom is 0.242 e. The number of ether oxygens (including phenoxy) is 1. The number of rotatable bonds is 12. The average molecular weight is 643 g/mol. The second-order valence-electron chi connectivity index (χ2n) is 9.93. The van der Waals surface area contributed by atoms with Gasteiger partial charge in [0.15, 0.2) is 0 Å². The summed E-state index contributed by atoms with van der Waals surface area (Å²) in [5.74, 6) is 0.0473. The van der Waals surface area contributed by atoms with Gasteiger partial charge < -0.3 is 15.0 Å². The van der Waals surface area contributed by atoms with Gasteiger partial charge in [-0.15, -0.1) is 0 Å². The molecule has 0 unspecified atom stereocenters. The van der Waals surface area contributed by atoms with Gasteiger partial charge in [0.2, 0.25) is 21.8 Å². The molecule has 1 aliphatic rings. The molecule has 3 rings (SSSR count). The number of nitrogens with zero attached hydrogens (tertiary/aromatic N) is 2. The molecule has 0 heterocycles. The molecule has 1 aliphatic carbocycles. The SMILES string of the molecule is COc1ccc(N(CCCC(=O)N(Cc2cccc(Br)c2)[C@H](C)C(=O)NC2CCCCC2)S(C)(=O)=O)cc1Cl. The number of benzene rings is 2. The predicted molar refractivity (Wildman–Crippen MR) is 159 cm³/mol. The van der Waals surface area contributed by atoms with Crippen LogP contribution in [0.3, 0.4) is 0 Å². The number of methoxy groups -OCH3 is 1. The first-order chi connectivity index (χ1) is 18.5. The van der Waals surface area contributed by atoms with Gasteiger partial charge in [0.25, 0.3) is 0 Å². The van der Waals surface area contributed by atoms with E-state index in [0.29, 0.717) is 11.4 Å². The number of carbonyl (C=O) groups excluding carboxylic acids is 2. The largest absolute Gasteiger partial charge is 0.495 e. The van der Waals surface area contributed by atoms with Gasteiger partial charge in [-0.2, -0.15) is 0 Å². The first kappa shape index (κ1) is 31.2. The van der Waals surface area contributed by atoms with Crippen molar-refractivity contribution in [3.8, 4) is 5.75 Å². The third-order valence-corrected chi connectivity index (χ3v) is 8.92. The molecule has 2 aromatic rings. The Kier molecular flexibility index (Phi) is 11.5. The summed E-state index contributed by atoms with van der Waals surface area (Å²) in [7, 11) is -2.15. The highest BCUT2D eigenvalue weighted by atomic mass is 79.9. The van der Waals surface area contributed by atoms with Gasteiger partial charge in [-0.05, 0) is 62.1 Å². The van der Waals surface area contributed by atoms with Crippen LogP contribution in [0.1, 0.15) is 57.4 Å². The molecule has 0 aliphatic heterocycles. The molecular formula is C28H37BrClN3O5S. The van der Waals surface area contributed by atoms with Gasteiger partial charge >= 0.3 is 0 Å². The van der Waals surface area contributed by atoms with E-state index in [9.17, 15) is 18.0 Å². The van der Waals surface area contributed by atoms with E-state index in [2.05, 4.69) is 21.2 Å². The lowest BCUT2D eigenvalue weighted by molar-refractivity contribution is -0.141. The van der Waals surface area contributed by atoms with Crippen LogP contribution in [0, 0.1) is 0 Å². The molecular weight excluding hydrogens is 606 g/mol. The Hall–Kier alpha value is -2.30. The van der Waals surface area contributed by atoms with Gasteiger partial charge in [-0.3, -0.25) is 13.9 Å². The summed E-state index contributed by atoms with van der Waals surface area (Å²) in [6.07, 6.45) is 6.73. The summed E-state index contributed by atoms with van der Waals surface area (Å²) in [5.41, 5.74) is 1.28. The van der Waals surface area contributed by atoms with Crippen molar-refractivity contribution < 1.29 is 22.7 Å². The first-order valence-corrected chi connectivity index (χ1v) is 16.2. The molecule has 0 radical (unpaired) electrons. The normalized spacial score (nSPS) is 14.9. The monoisotopic (exact) mass is 641 g/mol. The van der Waals surface area contributed by atoms with Gasteiger partial charge in [0, 0.05) is 30.0 Å². The van der Waals surface area contributed by atoms with E-state index in [4.69, 9.17) is 16.3 Å². The standard InChI is InChI=1S/C28H37BrClN3O5S/c1-20(28(35)31-23-11-5-4-6-12-23)32(19-21-9-7-10-22(29)17-21)27(34)13-8-16-33(39(3,36)37)24-14-15-26(38-2)25(30)18-24/h7,9-10,14-15,17-18,20,23H,4-6,8,11-13,16,19H2,1-3H3,(H,31,35)/t20-/m1/s1. The van der Waals surface area contributed by atoms with Crippen molar-refractivity contribution >= 4 is 55.1 Å². The molecule has 0 aromatic heterocycles. The van der Waals surface area contributed by atoms with Crippen LogP contribution < -0.4 is 14.4 Å². The molecule has 8 nitrogen and oxygen atoms in total. The Morgan fingerprint density at radius 3 is 2.49 bits per heavy atom. The summed E-state index contributed by atoms with van der Waals surface area (Å²) in [4.78, 5) is 28.3. The summed E-state index contributed by atoms with van der Waals surface area (Å²) in [5, 5.41) is 3.42. The summed E-state index contributed by atoms with van der Waals surface area (Å²) in [6, 6.07) is 11.8. The average Bonchev–Trinajstić information content (AvgIpc) is 2.89. The molecule has 1 N–H and O–H groups in total. The van der Waals surface area contributed by atoms with Gasteiger partial charge in [-0.1, -0.05) is 58.9 Å². The third kappa shape index (κ3) is 9.11. The minimum Gasteiger partial charge on any atom is -0.495 e. The van der Waals surface area contributed by atoms with E-state index in [1.54, 1.807) is 24.0 Å². The first-order valence-electron chi connectivity index (χ1n) is 13.1. The van der Waals surface area contributed by atoms with Crippen LogP contribution >= 0.6 is 27.5 Å². The fraction of sp³-hybridized carbons (Fsp3) is 0.500. The Morgan fingerprint density at radius 1 is 1.15 bits per heavy atom. The van der Waals surface area contributed by atoms with Crippen LogP contribution in [0.15, 0.2) is 46.9 Å². The van der Waals surface area contributed by atoms with Crippen molar-refractivity contribution in [3.63, 3.8) is 0 Å². The summed E-state index contributed by atoms with van der Waals surface area (Å²) >= 11 is 9.69. The van der Waals surface area contributed by atoms with Crippen LogP contribution in [0.2, 0.25) is 5.02 Å². The maximum atomic E-state index is 13.5.